The highest BCUT2D eigenvalue weighted by Gasteiger charge is 2.26. The highest BCUT2D eigenvalue weighted by atomic mass is 35.5. The Morgan fingerprint density at radius 2 is 2.31 bits per heavy atom. The smallest absolute Gasteiger partial charge is 0.224 e. The topological polar surface area (TPSA) is 58.0 Å². The molecule has 2 unspecified atom stereocenters. The minimum atomic E-state index is 0.232. The summed E-state index contributed by atoms with van der Waals surface area (Å²) in [5.74, 6) is 1.08. The van der Waals surface area contributed by atoms with Crippen molar-refractivity contribution in [3.05, 3.63) is 17.0 Å². The Morgan fingerprint density at radius 3 is 3.00 bits per heavy atom. The third kappa shape index (κ3) is 2.62. The van der Waals surface area contributed by atoms with Crippen LogP contribution in [0.25, 0.3) is 0 Å². The minimum Gasteiger partial charge on any atom is -0.396 e. The number of hydrogen-bond donors (Lipinski definition) is 2. The Balaban J connectivity index is 2.08. The predicted molar refractivity (Wildman–Crippen MR) is 63.6 cm³/mol. The lowest BCUT2D eigenvalue weighted by Gasteiger charge is -2.19. The van der Waals surface area contributed by atoms with Crippen molar-refractivity contribution in [3.63, 3.8) is 0 Å². The molecule has 0 aromatic carbocycles. The molecule has 0 bridgehead atoms. The van der Waals surface area contributed by atoms with Crippen molar-refractivity contribution in [2.45, 2.75) is 32.2 Å². The summed E-state index contributed by atoms with van der Waals surface area (Å²) < 4.78 is 0. The van der Waals surface area contributed by atoms with Gasteiger partial charge in [-0.1, -0.05) is 6.42 Å². The van der Waals surface area contributed by atoms with Gasteiger partial charge >= 0.3 is 0 Å². The molecule has 1 aromatic heterocycles. The molecule has 0 radical (unpaired) electrons. The van der Waals surface area contributed by atoms with E-state index >= 15 is 0 Å². The molecule has 1 fully saturated rings. The summed E-state index contributed by atoms with van der Waals surface area (Å²) >= 11 is 5.79. The fourth-order valence-electron chi connectivity index (χ4n) is 2.24. The van der Waals surface area contributed by atoms with E-state index in [1.165, 1.54) is 0 Å². The van der Waals surface area contributed by atoms with Gasteiger partial charge in [-0.3, -0.25) is 0 Å². The third-order valence-electron chi connectivity index (χ3n) is 3.05. The molecular formula is C11H16ClN3O. The average Bonchev–Trinajstić information content (AvgIpc) is 2.63. The maximum absolute atomic E-state index is 9.22. The van der Waals surface area contributed by atoms with Crippen molar-refractivity contribution in [1.82, 2.24) is 9.97 Å². The number of hydrogen-bond acceptors (Lipinski definition) is 4. The van der Waals surface area contributed by atoms with Gasteiger partial charge in [0.2, 0.25) is 5.28 Å². The zero-order valence-corrected chi connectivity index (χ0v) is 10.0. The van der Waals surface area contributed by atoms with Crippen LogP contribution in [0, 0.1) is 12.8 Å². The molecule has 88 valence electrons. The van der Waals surface area contributed by atoms with E-state index in [9.17, 15) is 5.11 Å². The van der Waals surface area contributed by atoms with Crippen LogP contribution in [0.4, 0.5) is 5.82 Å². The fraction of sp³-hybridized carbons (Fsp3) is 0.636. The summed E-state index contributed by atoms with van der Waals surface area (Å²) in [6, 6.07) is 2.17. The quantitative estimate of drug-likeness (QED) is 0.795. The highest BCUT2D eigenvalue weighted by molar-refractivity contribution is 6.28. The monoisotopic (exact) mass is 241 g/mol. The molecule has 2 atom stereocenters. The van der Waals surface area contributed by atoms with Crippen molar-refractivity contribution in [3.8, 4) is 0 Å². The lowest BCUT2D eigenvalue weighted by atomic mass is 10.1. The summed E-state index contributed by atoms with van der Waals surface area (Å²) in [7, 11) is 0. The normalized spacial score (nSPS) is 24.7. The molecule has 1 aliphatic carbocycles. The lowest BCUT2D eigenvalue weighted by molar-refractivity contribution is 0.222. The van der Waals surface area contributed by atoms with Gasteiger partial charge in [0.05, 0.1) is 0 Å². The predicted octanol–water partition coefficient (Wildman–Crippen LogP) is 2.01. The van der Waals surface area contributed by atoms with Gasteiger partial charge in [-0.2, -0.15) is 0 Å². The molecule has 0 spiro atoms. The van der Waals surface area contributed by atoms with E-state index in [2.05, 4.69) is 15.3 Å². The van der Waals surface area contributed by atoms with E-state index in [-0.39, 0.29) is 11.9 Å². The number of aliphatic hydroxyl groups is 1. The Kier molecular flexibility index (Phi) is 3.61. The van der Waals surface area contributed by atoms with Gasteiger partial charge in [0, 0.05) is 30.3 Å². The van der Waals surface area contributed by atoms with E-state index in [1.807, 2.05) is 13.0 Å². The first-order chi connectivity index (χ1) is 7.69. The molecular weight excluding hydrogens is 226 g/mol. The number of aromatic nitrogens is 2. The first-order valence-corrected chi connectivity index (χ1v) is 5.95. The lowest BCUT2D eigenvalue weighted by Crippen LogP contribution is -2.26. The molecule has 4 nitrogen and oxygen atoms in total. The number of nitrogens with zero attached hydrogens (tertiary/aromatic N) is 2. The van der Waals surface area contributed by atoms with Crippen molar-refractivity contribution >= 4 is 17.4 Å². The van der Waals surface area contributed by atoms with Gasteiger partial charge in [0.25, 0.3) is 0 Å². The molecule has 0 amide bonds. The Morgan fingerprint density at radius 1 is 1.50 bits per heavy atom. The first-order valence-electron chi connectivity index (χ1n) is 5.57. The SMILES string of the molecule is Cc1cc(NC2CCCC2CO)nc(Cl)n1. The second-order valence-corrected chi connectivity index (χ2v) is 4.63. The molecule has 1 heterocycles. The average molecular weight is 242 g/mol. The van der Waals surface area contributed by atoms with Gasteiger partial charge in [0.1, 0.15) is 5.82 Å². The first kappa shape index (κ1) is 11.6. The minimum absolute atomic E-state index is 0.232. The van der Waals surface area contributed by atoms with E-state index in [0.717, 1.165) is 30.8 Å². The second kappa shape index (κ2) is 4.97. The summed E-state index contributed by atoms with van der Waals surface area (Å²) in [6.45, 7) is 2.12. The van der Waals surface area contributed by atoms with Crippen LogP contribution in [0.5, 0.6) is 0 Å². The molecule has 0 saturated heterocycles. The van der Waals surface area contributed by atoms with E-state index < -0.39 is 0 Å². The molecule has 2 N–H and O–H groups in total. The van der Waals surface area contributed by atoms with Crippen molar-refractivity contribution in [2.24, 2.45) is 5.92 Å². The van der Waals surface area contributed by atoms with Gasteiger partial charge in [-0.15, -0.1) is 0 Å². The van der Waals surface area contributed by atoms with Crippen LogP contribution in [0.2, 0.25) is 5.28 Å². The zero-order valence-electron chi connectivity index (χ0n) is 9.28. The number of aryl methyl sites for hydroxylation is 1. The number of aliphatic hydroxyl groups excluding tert-OH is 1. The van der Waals surface area contributed by atoms with Gasteiger partial charge < -0.3 is 10.4 Å². The fourth-order valence-corrected chi connectivity index (χ4v) is 2.47. The van der Waals surface area contributed by atoms with Crippen LogP contribution in [0.15, 0.2) is 6.07 Å². The maximum Gasteiger partial charge on any atom is 0.224 e. The van der Waals surface area contributed by atoms with Crippen molar-refractivity contribution in [2.75, 3.05) is 11.9 Å². The maximum atomic E-state index is 9.22. The van der Waals surface area contributed by atoms with Crippen molar-refractivity contribution in [1.29, 1.82) is 0 Å². The van der Waals surface area contributed by atoms with Gasteiger partial charge in [0.15, 0.2) is 0 Å². The van der Waals surface area contributed by atoms with Crippen LogP contribution in [-0.2, 0) is 0 Å². The van der Waals surface area contributed by atoms with E-state index in [4.69, 9.17) is 11.6 Å². The highest BCUT2D eigenvalue weighted by Crippen LogP contribution is 2.27. The number of anilines is 1. The van der Waals surface area contributed by atoms with Crippen LogP contribution >= 0.6 is 11.6 Å². The second-order valence-electron chi connectivity index (χ2n) is 4.29. The molecule has 1 saturated carbocycles. The van der Waals surface area contributed by atoms with Crippen LogP contribution in [0.3, 0.4) is 0 Å². The third-order valence-corrected chi connectivity index (χ3v) is 3.22. The number of nitrogens with one attached hydrogen (secondary N) is 1. The molecule has 1 aliphatic rings. The Bertz CT molecular complexity index is 352. The molecule has 5 heteroatoms. The molecule has 2 rings (SSSR count). The van der Waals surface area contributed by atoms with Crippen molar-refractivity contribution < 1.29 is 5.11 Å². The Hall–Kier alpha value is -0.870. The summed E-state index contributed by atoms with van der Waals surface area (Å²) in [4.78, 5) is 8.14. The van der Waals surface area contributed by atoms with Gasteiger partial charge in [-0.25, -0.2) is 9.97 Å². The summed E-state index contributed by atoms with van der Waals surface area (Å²) in [6.07, 6.45) is 3.30. The molecule has 0 aliphatic heterocycles. The molecule has 16 heavy (non-hydrogen) atoms. The summed E-state index contributed by atoms with van der Waals surface area (Å²) in [5, 5.41) is 12.8. The number of rotatable bonds is 3. The van der Waals surface area contributed by atoms with Crippen LogP contribution in [0.1, 0.15) is 25.0 Å². The molecule has 1 aromatic rings. The van der Waals surface area contributed by atoms with Crippen LogP contribution < -0.4 is 5.32 Å². The largest absolute Gasteiger partial charge is 0.396 e. The standard InChI is InChI=1S/C11H16ClN3O/c1-7-5-10(15-11(12)13-7)14-9-4-2-3-8(9)6-16/h5,8-9,16H,2-4,6H2,1H3,(H,13,14,15). The van der Waals surface area contributed by atoms with Gasteiger partial charge in [-0.05, 0) is 31.4 Å². The number of halogens is 1. The Labute approximate surface area is 100 Å². The van der Waals surface area contributed by atoms with E-state index in [1.54, 1.807) is 0 Å². The van der Waals surface area contributed by atoms with Crippen LogP contribution in [-0.4, -0.2) is 27.7 Å². The zero-order chi connectivity index (χ0) is 11.5. The van der Waals surface area contributed by atoms with E-state index in [0.29, 0.717) is 12.0 Å². The summed E-state index contributed by atoms with van der Waals surface area (Å²) in [5.41, 5.74) is 0.848.